The van der Waals surface area contributed by atoms with Gasteiger partial charge in [0.25, 0.3) is 0 Å². The zero-order valence-corrected chi connectivity index (χ0v) is 13.6. The van der Waals surface area contributed by atoms with Gasteiger partial charge in [-0.1, -0.05) is 25.0 Å². The molecule has 0 amide bonds. The molecule has 1 aliphatic carbocycles. The Bertz CT molecular complexity index is 433. The first kappa shape index (κ1) is 14.9. The van der Waals surface area contributed by atoms with Crippen LogP contribution < -0.4 is 4.74 Å². The molecule has 1 atom stereocenters. The van der Waals surface area contributed by atoms with E-state index in [0.717, 1.165) is 18.1 Å². The predicted octanol–water partition coefficient (Wildman–Crippen LogP) is 4.94. The molecular formula is C19H29NO. The van der Waals surface area contributed by atoms with E-state index in [1.807, 2.05) is 0 Å². The third-order valence-electron chi connectivity index (χ3n) is 5.13. The van der Waals surface area contributed by atoms with Gasteiger partial charge in [0.05, 0.1) is 0 Å². The lowest BCUT2D eigenvalue weighted by atomic mass is 9.98. The standard InChI is InChI=1S/C19H29NO/c1-15(2)20-14-6-5-9-19(20)21-18-12-10-17(11-13-18)16-7-3-4-8-16/h10-13,15-16,19H,3-9,14H2,1-2H3. The Morgan fingerprint density at radius 1 is 0.952 bits per heavy atom. The van der Waals surface area contributed by atoms with Crippen LogP contribution >= 0.6 is 0 Å². The topological polar surface area (TPSA) is 12.5 Å². The highest BCUT2D eigenvalue weighted by Crippen LogP contribution is 2.35. The third kappa shape index (κ3) is 3.60. The molecular weight excluding hydrogens is 258 g/mol. The summed E-state index contributed by atoms with van der Waals surface area (Å²) >= 11 is 0. The molecule has 2 fully saturated rings. The van der Waals surface area contributed by atoms with Crippen molar-refractivity contribution in [1.82, 2.24) is 4.90 Å². The van der Waals surface area contributed by atoms with Crippen molar-refractivity contribution in [2.45, 2.75) is 77.0 Å². The Morgan fingerprint density at radius 3 is 2.29 bits per heavy atom. The van der Waals surface area contributed by atoms with Gasteiger partial charge in [0.2, 0.25) is 0 Å². The van der Waals surface area contributed by atoms with Crippen LogP contribution in [0.3, 0.4) is 0 Å². The Balaban J connectivity index is 1.63. The van der Waals surface area contributed by atoms with Gasteiger partial charge in [0.15, 0.2) is 6.23 Å². The fraction of sp³-hybridized carbons (Fsp3) is 0.684. The molecule has 116 valence electrons. The SMILES string of the molecule is CC(C)N1CCCCC1Oc1ccc(C2CCCC2)cc1. The van der Waals surface area contributed by atoms with E-state index in [9.17, 15) is 0 Å². The number of likely N-dealkylation sites (tertiary alicyclic amines) is 1. The van der Waals surface area contributed by atoms with Gasteiger partial charge < -0.3 is 4.74 Å². The summed E-state index contributed by atoms with van der Waals surface area (Å²) in [6.07, 6.45) is 9.53. The summed E-state index contributed by atoms with van der Waals surface area (Å²) in [6, 6.07) is 9.50. The van der Waals surface area contributed by atoms with Gasteiger partial charge in [-0.25, -0.2) is 0 Å². The quantitative estimate of drug-likeness (QED) is 0.777. The maximum absolute atomic E-state index is 6.27. The Morgan fingerprint density at radius 2 is 1.62 bits per heavy atom. The minimum atomic E-state index is 0.260. The van der Waals surface area contributed by atoms with E-state index in [2.05, 4.69) is 43.0 Å². The van der Waals surface area contributed by atoms with E-state index in [0.29, 0.717) is 6.04 Å². The Kier molecular flexibility index (Phi) is 4.84. The number of piperidine rings is 1. The van der Waals surface area contributed by atoms with Gasteiger partial charge in [0.1, 0.15) is 5.75 Å². The van der Waals surface area contributed by atoms with Crippen LogP contribution in [0.4, 0.5) is 0 Å². The van der Waals surface area contributed by atoms with Crippen molar-refractivity contribution in [2.24, 2.45) is 0 Å². The number of ether oxygens (including phenoxy) is 1. The average molecular weight is 287 g/mol. The lowest BCUT2D eigenvalue weighted by Gasteiger charge is -2.38. The molecule has 1 saturated carbocycles. The predicted molar refractivity (Wildman–Crippen MR) is 87.8 cm³/mol. The molecule has 1 aromatic rings. The number of rotatable bonds is 4. The van der Waals surface area contributed by atoms with E-state index < -0.39 is 0 Å². The molecule has 0 aromatic heterocycles. The van der Waals surface area contributed by atoms with Gasteiger partial charge in [-0.15, -0.1) is 0 Å². The molecule has 0 spiro atoms. The smallest absolute Gasteiger partial charge is 0.152 e. The number of hydrogen-bond donors (Lipinski definition) is 0. The van der Waals surface area contributed by atoms with E-state index in [4.69, 9.17) is 4.74 Å². The van der Waals surface area contributed by atoms with Crippen molar-refractivity contribution >= 4 is 0 Å². The first-order chi connectivity index (χ1) is 10.2. The summed E-state index contributed by atoms with van der Waals surface area (Å²) in [4.78, 5) is 2.49. The summed E-state index contributed by atoms with van der Waals surface area (Å²) in [5.74, 6) is 1.83. The molecule has 1 saturated heterocycles. The van der Waals surface area contributed by atoms with Crippen molar-refractivity contribution in [2.75, 3.05) is 6.54 Å². The minimum absolute atomic E-state index is 0.260. The molecule has 2 nitrogen and oxygen atoms in total. The first-order valence-corrected chi connectivity index (χ1v) is 8.76. The lowest BCUT2D eigenvalue weighted by Crippen LogP contribution is -2.46. The van der Waals surface area contributed by atoms with E-state index >= 15 is 0 Å². The molecule has 1 unspecified atom stereocenters. The summed E-state index contributed by atoms with van der Waals surface area (Å²) in [5.41, 5.74) is 1.50. The zero-order valence-electron chi connectivity index (χ0n) is 13.6. The highest BCUT2D eigenvalue weighted by atomic mass is 16.5. The highest BCUT2D eigenvalue weighted by molar-refractivity contribution is 5.30. The van der Waals surface area contributed by atoms with E-state index in [1.165, 1.54) is 50.6 Å². The maximum atomic E-state index is 6.27. The van der Waals surface area contributed by atoms with Gasteiger partial charge in [-0.2, -0.15) is 0 Å². The molecule has 21 heavy (non-hydrogen) atoms. The van der Waals surface area contributed by atoms with E-state index in [1.54, 1.807) is 0 Å². The molecule has 0 bridgehead atoms. The fourth-order valence-corrected chi connectivity index (χ4v) is 3.88. The first-order valence-electron chi connectivity index (χ1n) is 8.76. The highest BCUT2D eigenvalue weighted by Gasteiger charge is 2.26. The normalized spacial score (nSPS) is 24.6. The van der Waals surface area contributed by atoms with Crippen molar-refractivity contribution in [3.63, 3.8) is 0 Å². The maximum Gasteiger partial charge on any atom is 0.152 e. The molecule has 0 N–H and O–H groups in total. The second-order valence-corrected chi connectivity index (χ2v) is 6.95. The van der Waals surface area contributed by atoms with Crippen molar-refractivity contribution in [1.29, 1.82) is 0 Å². The minimum Gasteiger partial charge on any atom is -0.475 e. The van der Waals surface area contributed by atoms with Crippen LogP contribution in [0.5, 0.6) is 5.75 Å². The van der Waals surface area contributed by atoms with Crippen molar-refractivity contribution in [3.05, 3.63) is 29.8 Å². The second-order valence-electron chi connectivity index (χ2n) is 6.95. The third-order valence-corrected chi connectivity index (χ3v) is 5.13. The molecule has 2 aliphatic rings. The van der Waals surface area contributed by atoms with Crippen LogP contribution in [0.1, 0.15) is 70.3 Å². The van der Waals surface area contributed by atoms with Crippen molar-refractivity contribution in [3.8, 4) is 5.75 Å². The largest absolute Gasteiger partial charge is 0.475 e. The average Bonchev–Trinajstić information content (AvgIpc) is 3.03. The summed E-state index contributed by atoms with van der Waals surface area (Å²) < 4.78 is 6.27. The molecule has 0 radical (unpaired) electrons. The van der Waals surface area contributed by atoms with Crippen LogP contribution in [0, 0.1) is 0 Å². The summed E-state index contributed by atoms with van der Waals surface area (Å²) in [6.45, 7) is 5.71. The number of hydrogen-bond acceptors (Lipinski definition) is 2. The van der Waals surface area contributed by atoms with Crippen LogP contribution in [0.15, 0.2) is 24.3 Å². The summed E-state index contributed by atoms with van der Waals surface area (Å²) in [7, 11) is 0. The van der Waals surface area contributed by atoms with Gasteiger partial charge in [-0.3, -0.25) is 4.90 Å². The van der Waals surface area contributed by atoms with Crippen LogP contribution in [-0.2, 0) is 0 Å². The molecule has 1 heterocycles. The lowest BCUT2D eigenvalue weighted by molar-refractivity contribution is -0.0234. The number of benzene rings is 1. The fourth-order valence-electron chi connectivity index (χ4n) is 3.88. The van der Waals surface area contributed by atoms with Crippen molar-refractivity contribution < 1.29 is 4.74 Å². The molecule has 3 rings (SSSR count). The van der Waals surface area contributed by atoms with Crippen LogP contribution in [0.25, 0.3) is 0 Å². The molecule has 2 heteroatoms. The van der Waals surface area contributed by atoms with E-state index in [-0.39, 0.29) is 6.23 Å². The van der Waals surface area contributed by atoms with Gasteiger partial charge in [0, 0.05) is 12.6 Å². The monoisotopic (exact) mass is 287 g/mol. The van der Waals surface area contributed by atoms with Gasteiger partial charge >= 0.3 is 0 Å². The van der Waals surface area contributed by atoms with Crippen LogP contribution in [0.2, 0.25) is 0 Å². The van der Waals surface area contributed by atoms with Crippen LogP contribution in [-0.4, -0.2) is 23.7 Å². The van der Waals surface area contributed by atoms with Gasteiger partial charge in [-0.05, 0) is 69.6 Å². The molecule has 1 aliphatic heterocycles. The number of nitrogens with zero attached hydrogens (tertiary/aromatic N) is 1. The summed E-state index contributed by atoms with van der Waals surface area (Å²) in [5, 5.41) is 0. The second kappa shape index (κ2) is 6.83. The Hall–Kier alpha value is -1.02. The zero-order chi connectivity index (χ0) is 14.7. The Labute approximate surface area is 129 Å². The molecule has 1 aromatic carbocycles.